The number of hydrogen-bond acceptors (Lipinski definition) is 3. The summed E-state index contributed by atoms with van der Waals surface area (Å²) in [6.07, 6.45) is 4.58. The van der Waals surface area contributed by atoms with E-state index in [1.807, 2.05) is 18.2 Å². The summed E-state index contributed by atoms with van der Waals surface area (Å²) >= 11 is 0. The van der Waals surface area contributed by atoms with E-state index in [4.69, 9.17) is 0 Å². The Bertz CT molecular complexity index is 473. The lowest BCUT2D eigenvalue weighted by Gasteiger charge is -2.40. The van der Waals surface area contributed by atoms with Gasteiger partial charge in [0.15, 0.2) is 0 Å². The first-order valence-corrected chi connectivity index (χ1v) is 8.78. The Labute approximate surface area is 141 Å². The molecule has 0 bridgehead atoms. The monoisotopic (exact) mass is 316 g/mol. The summed E-state index contributed by atoms with van der Waals surface area (Å²) in [6, 6.07) is 12.0. The number of nitrogens with zero attached hydrogens (tertiary/aromatic N) is 2. The SMILES string of the molecule is CCCCCC[C@H](O)[C@@H](C#N)N(Cc1ccccc1)C(C)(C)C. The standard InChI is InChI=1S/C20H32N2O/c1-5-6-7-11-14-19(23)18(15-21)22(20(2,3)4)16-17-12-9-8-10-13-17/h8-10,12-13,18-19,23H,5-7,11,14,16H2,1-4H3/t18-,19+/m1/s1. The van der Waals surface area contributed by atoms with Crippen molar-refractivity contribution in [3.63, 3.8) is 0 Å². The molecule has 0 saturated heterocycles. The van der Waals surface area contributed by atoms with Crippen molar-refractivity contribution in [2.45, 2.75) is 84.0 Å². The van der Waals surface area contributed by atoms with Crippen LogP contribution in [-0.4, -0.2) is 27.7 Å². The minimum atomic E-state index is -0.597. The van der Waals surface area contributed by atoms with Crippen molar-refractivity contribution in [2.24, 2.45) is 0 Å². The molecule has 128 valence electrons. The highest BCUT2D eigenvalue weighted by atomic mass is 16.3. The number of nitriles is 1. The number of benzene rings is 1. The first-order valence-electron chi connectivity index (χ1n) is 8.78. The minimum Gasteiger partial charge on any atom is -0.390 e. The first-order chi connectivity index (χ1) is 10.9. The molecule has 0 amide bonds. The second-order valence-corrected chi connectivity index (χ2v) is 7.27. The highest BCUT2D eigenvalue weighted by molar-refractivity contribution is 5.16. The van der Waals surface area contributed by atoms with Crippen LogP contribution in [0.5, 0.6) is 0 Å². The first kappa shape index (κ1) is 19.7. The Kier molecular flexibility index (Phi) is 8.30. The zero-order valence-corrected chi connectivity index (χ0v) is 15.1. The number of aliphatic hydroxyl groups is 1. The Morgan fingerprint density at radius 3 is 2.30 bits per heavy atom. The van der Waals surface area contributed by atoms with E-state index in [9.17, 15) is 10.4 Å². The highest BCUT2D eigenvalue weighted by Crippen LogP contribution is 2.24. The fourth-order valence-electron chi connectivity index (χ4n) is 2.83. The topological polar surface area (TPSA) is 47.3 Å². The molecule has 0 aliphatic heterocycles. The third kappa shape index (κ3) is 6.72. The van der Waals surface area contributed by atoms with E-state index >= 15 is 0 Å². The number of rotatable bonds is 9. The quantitative estimate of drug-likeness (QED) is 0.682. The van der Waals surface area contributed by atoms with Crippen LogP contribution in [0.1, 0.15) is 65.4 Å². The van der Waals surface area contributed by atoms with Gasteiger partial charge >= 0.3 is 0 Å². The summed E-state index contributed by atoms with van der Waals surface area (Å²) in [5.74, 6) is 0. The van der Waals surface area contributed by atoms with Gasteiger partial charge in [0.05, 0.1) is 12.2 Å². The molecule has 0 aliphatic rings. The van der Waals surface area contributed by atoms with Crippen LogP contribution in [0.4, 0.5) is 0 Å². The van der Waals surface area contributed by atoms with Gasteiger partial charge in [-0.3, -0.25) is 4.90 Å². The second-order valence-electron chi connectivity index (χ2n) is 7.27. The van der Waals surface area contributed by atoms with Gasteiger partial charge in [-0.05, 0) is 32.8 Å². The molecule has 0 aliphatic carbocycles. The molecule has 2 atom stereocenters. The molecule has 0 fully saturated rings. The highest BCUT2D eigenvalue weighted by Gasteiger charge is 2.33. The van der Waals surface area contributed by atoms with Crippen molar-refractivity contribution in [1.29, 1.82) is 5.26 Å². The lowest BCUT2D eigenvalue weighted by molar-refractivity contribution is 0.0139. The summed E-state index contributed by atoms with van der Waals surface area (Å²) in [4.78, 5) is 2.12. The summed E-state index contributed by atoms with van der Waals surface area (Å²) in [5, 5.41) is 20.2. The Hall–Kier alpha value is -1.37. The maximum atomic E-state index is 10.6. The second kappa shape index (κ2) is 9.70. The molecular formula is C20H32N2O. The molecule has 1 N–H and O–H groups in total. The molecule has 1 rings (SSSR count). The minimum absolute atomic E-state index is 0.180. The normalized spacial score (nSPS) is 14.5. The molecule has 0 aromatic heterocycles. The predicted molar refractivity (Wildman–Crippen MR) is 95.9 cm³/mol. The van der Waals surface area contributed by atoms with Crippen molar-refractivity contribution in [3.05, 3.63) is 35.9 Å². The van der Waals surface area contributed by atoms with Crippen LogP contribution < -0.4 is 0 Å². The molecule has 3 nitrogen and oxygen atoms in total. The third-order valence-corrected chi connectivity index (χ3v) is 4.24. The van der Waals surface area contributed by atoms with Gasteiger partial charge in [0, 0.05) is 12.1 Å². The van der Waals surface area contributed by atoms with Gasteiger partial charge in [-0.1, -0.05) is 62.9 Å². The third-order valence-electron chi connectivity index (χ3n) is 4.24. The fourth-order valence-corrected chi connectivity index (χ4v) is 2.83. The van der Waals surface area contributed by atoms with Gasteiger partial charge in [0.25, 0.3) is 0 Å². The Balaban J connectivity index is 2.80. The summed E-state index contributed by atoms with van der Waals surface area (Å²) in [5.41, 5.74) is 0.988. The molecule has 0 radical (unpaired) electrons. The summed E-state index contributed by atoms with van der Waals surface area (Å²) in [6.45, 7) is 9.16. The van der Waals surface area contributed by atoms with E-state index in [0.29, 0.717) is 13.0 Å². The molecule has 23 heavy (non-hydrogen) atoms. The van der Waals surface area contributed by atoms with Gasteiger partial charge in [0.1, 0.15) is 6.04 Å². The van der Waals surface area contributed by atoms with Crippen LogP contribution in [-0.2, 0) is 6.54 Å². The van der Waals surface area contributed by atoms with Crippen LogP contribution >= 0.6 is 0 Å². The lowest BCUT2D eigenvalue weighted by Crippen LogP contribution is -2.51. The van der Waals surface area contributed by atoms with Crippen LogP contribution in [0.3, 0.4) is 0 Å². The van der Waals surface area contributed by atoms with E-state index in [0.717, 1.165) is 12.8 Å². The molecular weight excluding hydrogens is 284 g/mol. The van der Waals surface area contributed by atoms with Crippen molar-refractivity contribution >= 4 is 0 Å². The van der Waals surface area contributed by atoms with E-state index in [1.165, 1.54) is 18.4 Å². The molecule has 3 heteroatoms. The van der Waals surface area contributed by atoms with Gasteiger partial charge in [-0.25, -0.2) is 0 Å². The summed E-state index contributed by atoms with van der Waals surface area (Å²) < 4.78 is 0. The maximum absolute atomic E-state index is 10.6. The van der Waals surface area contributed by atoms with Crippen LogP contribution in [0.25, 0.3) is 0 Å². The van der Waals surface area contributed by atoms with Crippen molar-refractivity contribution in [1.82, 2.24) is 4.90 Å². The largest absolute Gasteiger partial charge is 0.390 e. The predicted octanol–water partition coefficient (Wildman–Crippen LogP) is 4.51. The van der Waals surface area contributed by atoms with Crippen LogP contribution in [0.15, 0.2) is 30.3 Å². The van der Waals surface area contributed by atoms with Crippen molar-refractivity contribution in [2.75, 3.05) is 0 Å². The molecule has 0 saturated carbocycles. The summed E-state index contributed by atoms with van der Waals surface area (Å²) in [7, 11) is 0. The average molecular weight is 316 g/mol. The van der Waals surface area contributed by atoms with Crippen LogP contribution in [0, 0.1) is 11.3 Å². The van der Waals surface area contributed by atoms with Crippen molar-refractivity contribution < 1.29 is 5.11 Å². The molecule has 1 aromatic carbocycles. The van der Waals surface area contributed by atoms with E-state index in [1.54, 1.807) is 0 Å². The molecule has 0 unspecified atom stereocenters. The molecule has 1 aromatic rings. The Morgan fingerprint density at radius 1 is 1.13 bits per heavy atom. The zero-order chi connectivity index (χ0) is 17.3. The lowest BCUT2D eigenvalue weighted by atomic mass is 9.96. The Morgan fingerprint density at radius 2 is 1.78 bits per heavy atom. The molecule has 0 heterocycles. The van der Waals surface area contributed by atoms with E-state index < -0.39 is 12.1 Å². The number of aliphatic hydroxyl groups excluding tert-OH is 1. The number of unbranched alkanes of at least 4 members (excludes halogenated alkanes) is 3. The maximum Gasteiger partial charge on any atom is 0.125 e. The van der Waals surface area contributed by atoms with Gasteiger partial charge in [-0.15, -0.1) is 0 Å². The molecule has 0 spiro atoms. The fraction of sp³-hybridized carbons (Fsp3) is 0.650. The smallest absolute Gasteiger partial charge is 0.125 e. The average Bonchev–Trinajstić information content (AvgIpc) is 2.51. The van der Waals surface area contributed by atoms with Gasteiger partial charge in [0.2, 0.25) is 0 Å². The van der Waals surface area contributed by atoms with Crippen LogP contribution in [0.2, 0.25) is 0 Å². The van der Waals surface area contributed by atoms with Crippen molar-refractivity contribution in [3.8, 4) is 6.07 Å². The number of hydrogen-bond donors (Lipinski definition) is 1. The zero-order valence-electron chi connectivity index (χ0n) is 15.1. The van der Waals surface area contributed by atoms with Gasteiger partial charge in [-0.2, -0.15) is 5.26 Å². The van der Waals surface area contributed by atoms with E-state index in [2.05, 4.69) is 50.8 Å². The van der Waals surface area contributed by atoms with E-state index in [-0.39, 0.29) is 5.54 Å². The van der Waals surface area contributed by atoms with Gasteiger partial charge < -0.3 is 5.11 Å².